The van der Waals surface area contributed by atoms with Crippen LogP contribution in [0.5, 0.6) is 0 Å². The second-order valence-corrected chi connectivity index (χ2v) is 18.5. The van der Waals surface area contributed by atoms with E-state index >= 15 is 0 Å². The number of rotatable bonds is 9. The van der Waals surface area contributed by atoms with E-state index in [-0.39, 0.29) is 0 Å². The van der Waals surface area contributed by atoms with Crippen LogP contribution < -0.4 is 15.7 Å². The molecule has 1 N–H and O–H groups in total. The lowest BCUT2D eigenvalue weighted by Crippen LogP contribution is -2.34. The van der Waals surface area contributed by atoms with E-state index < -0.39 is 5.41 Å². The average Bonchev–Trinajstić information content (AvgIpc) is 3.85. The van der Waals surface area contributed by atoms with Gasteiger partial charge in [0, 0.05) is 34.6 Å². The van der Waals surface area contributed by atoms with Crippen LogP contribution in [0.3, 0.4) is 0 Å². The molecular formula is C60H48N4Si. The maximum atomic E-state index is 5.30. The Bertz CT molecular complexity index is 3290. The highest BCUT2D eigenvalue weighted by molar-refractivity contribution is 6.67. The van der Waals surface area contributed by atoms with E-state index in [0.29, 0.717) is 22.0 Å². The van der Waals surface area contributed by atoms with Crippen molar-refractivity contribution in [3.63, 3.8) is 0 Å². The number of hydrogen-bond donors (Lipinski definition) is 1. The highest BCUT2D eigenvalue weighted by atomic mass is 28.2. The van der Waals surface area contributed by atoms with Crippen molar-refractivity contribution in [3.8, 4) is 5.69 Å². The molecule has 0 amide bonds. The van der Waals surface area contributed by atoms with Crippen molar-refractivity contribution in [2.75, 3.05) is 7.05 Å². The third kappa shape index (κ3) is 7.19. The molecule has 1 atom stereocenters. The number of nitrogens with one attached hydrogen (secondary N) is 1. The Morgan fingerprint density at radius 3 is 1.97 bits per heavy atom. The summed E-state index contributed by atoms with van der Waals surface area (Å²) in [5.74, 6) is 1.92. The molecule has 1 heterocycles. The van der Waals surface area contributed by atoms with Crippen molar-refractivity contribution < 1.29 is 0 Å². The van der Waals surface area contributed by atoms with Gasteiger partial charge in [-0.05, 0) is 81.6 Å². The summed E-state index contributed by atoms with van der Waals surface area (Å²) in [4.78, 5) is 10.1. The first kappa shape index (κ1) is 40.2. The first-order valence-electron chi connectivity index (χ1n) is 22.6. The van der Waals surface area contributed by atoms with Gasteiger partial charge in [-0.3, -0.25) is 9.98 Å². The maximum absolute atomic E-state index is 5.30. The molecule has 0 spiro atoms. The molecule has 2 aliphatic rings. The number of para-hydroxylation sites is 1. The number of hydrogen-bond acceptors (Lipinski definition) is 2. The normalized spacial score (nSPS) is 15.6. The minimum absolute atomic E-state index is 0.384. The third-order valence-electron chi connectivity index (χ3n) is 13.2. The molecule has 8 aromatic carbocycles. The molecule has 9 aromatic rings. The zero-order valence-electron chi connectivity index (χ0n) is 36.6. The molecule has 11 rings (SSSR count). The van der Waals surface area contributed by atoms with Crippen molar-refractivity contribution in [2.45, 2.75) is 25.3 Å². The van der Waals surface area contributed by atoms with Crippen LogP contribution in [-0.2, 0) is 12.0 Å². The molecular weight excluding hydrogens is 805 g/mol. The second-order valence-electron chi connectivity index (χ2n) is 17.1. The molecule has 1 unspecified atom stereocenters. The fourth-order valence-corrected chi connectivity index (χ4v) is 11.4. The first-order valence-corrected chi connectivity index (χ1v) is 23.6. The van der Waals surface area contributed by atoms with Crippen LogP contribution in [0.1, 0.15) is 52.3 Å². The number of nitrogens with zero attached hydrogens (tertiary/aromatic N) is 3. The van der Waals surface area contributed by atoms with E-state index in [1.807, 2.05) is 13.1 Å². The van der Waals surface area contributed by atoms with Crippen LogP contribution in [0.15, 0.2) is 234 Å². The molecule has 312 valence electrons. The van der Waals surface area contributed by atoms with E-state index in [2.05, 4.69) is 229 Å². The summed E-state index contributed by atoms with van der Waals surface area (Å²) in [6, 6.07) is 74.9. The fraction of sp³-hybridized carbons (Fsp3) is 0.100. The summed E-state index contributed by atoms with van der Waals surface area (Å²) in [5, 5.41) is 8.79. The fourth-order valence-electron chi connectivity index (χ4n) is 10.3. The van der Waals surface area contributed by atoms with Gasteiger partial charge in [0.05, 0.1) is 23.0 Å². The van der Waals surface area contributed by atoms with Gasteiger partial charge in [-0.2, -0.15) is 0 Å². The highest BCUT2D eigenvalue weighted by Crippen LogP contribution is 2.59. The number of aromatic nitrogens is 1. The predicted molar refractivity (Wildman–Crippen MR) is 274 cm³/mol. The van der Waals surface area contributed by atoms with Gasteiger partial charge in [0.2, 0.25) is 0 Å². The van der Waals surface area contributed by atoms with Crippen LogP contribution in [-0.4, -0.2) is 32.8 Å². The number of aliphatic imine (C=N–C) groups is 2. The van der Waals surface area contributed by atoms with E-state index in [4.69, 9.17) is 9.98 Å². The molecule has 1 aromatic heterocycles. The zero-order chi connectivity index (χ0) is 43.7. The van der Waals surface area contributed by atoms with Gasteiger partial charge in [-0.25, -0.2) is 0 Å². The lowest BCUT2D eigenvalue weighted by Gasteiger charge is -2.35. The van der Waals surface area contributed by atoms with Crippen LogP contribution >= 0.6 is 0 Å². The Balaban J connectivity index is 1.08. The molecule has 0 fully saturated rings. The smallest absolute Gasteiger partial charge is 0.134 e. The van der Waals surface area contributed by atoms with Gasteiger partial charge in [0.1, 0.15) is 21.2 Å². The van der Waals surface area contributed by atoms with Crippen molar-refractivity contribution in [1.82, 2.24) is 9.88 Å². The van der Waals surface area contributed by atoms with Gasteiger partial charge < -0.3 is 9.88 Å². The maximum Gasteiger partial charge on any atom is 0.134 e. The van der Waals surface area contributed by atoms with Crippen molar-refractivity contribution >= 4 is 58.9 Å². The van der Waals surface area contributed by atoms with Crippen molar-refractivity contribution in [2.24, 2.45) is 15.9 Å². The van der Waals surface area contributed by atoms with Crippen LogP contribution in [0.25, 0.3) is 33.1 Å². The van der Waals surface area contributed by atoms with Crippen molar-refractivity contribution in [1.29, 1.82) is 0 Å². The van der Waals surface area contributed by atoms with Gasteiger partial charge in [0.25, 0.3) is 0 Å². The van der Waals surface area contributed by atoms with E-state index in [0.717, 1.165) is 40.5 Å². The summed E-state index contributed by atoms with van der Waals surface area (Å²) < 4.78 is 2.46. The second kappa shape index (κ2) is 17.2. The Morgan fingerprint density at radius 2 is 1.25 bits per heavy atom. The van der Waals surface area contributed by atoms with Crippen LogP contribution in [0.4, 0.5) is 0 Å². The predicted octanol–water partition coefficient (Wildman–Crippen LogP) is 11.7. The average molecular weight is 853 g/mol. The molecule has 65 heavy (non-hydrogen) atoms. The number of benzene rings is 8. The lowest BCUT2D eigenvalue weighted by molar-refractivity contribution is 0.722. The molecule has 4 nitrogen and oxygen atoms in total. The summed E-state index contributed by atoms with van der Waals surface area (Å²) in [5.41, 5.74) is 14.2. The summed E-state index contributed by atoms with van der Waals surface area (Å²) >= 11 is 0. The Kier molecular flexibility index (Phi) is 10.6. The standard InChI is InChI=1S/C60H48N4Si/c1-41-20-17-34-53-57(41)52-38-51-50-33-15-16-35-55(50)64(56(51)39-54(52)60(53,45-25-9-4-10-26-45)46-27-11-5-12-28-46)47-29-18-23-43(36-47)59(62-40-42-21-7-3-8-22-42)63-58(61-2)44-24-19-32-49(37-44)65-48-30-13-6-14-31-48/h3-19,21-39,41H,20,40H2,1-2H3,(H,61,62,63). The molecule has 2 radical (unpaired) electrons. The topological polar surface area (TPSA) is 41.7 Å². The van der Waals surface area contributed by atoms with E-state index in [9.17, 15) is 0 Å². The van der Waals surface area contributed by atoms with Gasteiger partial charge in [0.15, 0.2) is 0 Å². The van der Waals surface area contributed by atoms with Gasteiger partial charge in [-0.15, -0.1) is 0 Å². The summed E-state index contributed by atoms with van der Waals surface area (Å²) in [6.45, 7) is 2.92. The summed E-state index contributed by atoms with van der Waals surface area (Å²) in [7, 11) is 2.40. The minimum Gasteiger partial charge on any atom is -0.325 e. The van der Waals surface area contributed by atoms with E-state index in [1.165, 1.54) is 65.6 Å². The molecule has 0 bridgehead atoms. The Morgan fingerprint density at radius 1 is 0.615 bits per heavy atom. The number of fused-ring (bicyclic) bond motifs is 5. The molecule has 5 heteroatoms. The van der Waals surface area contributed by atoms with Crippen LogP contribution in [0, 0.1) is 5.92 Å². The molecule has 2 aliphatic carbocycles. The zero-order valence-corrected chi connectivity index (χ0v) is 37.6. The molecule has 0 saturated carbocycles. The lowest BCUT2D eigenvalue weighted by atomic mass is 9.66. The minimum atomic E-state index is -0.480. The molecule has 0 aliphatic heterocycles. The third-order valence-corrected chi connectivity index (χ3v) is 14.4. The van der Waals surface area contributed by atoms with Gasteiger partial charge >= 0.3 is 0 Å². The Labute approximate surface area is 383 Å². The molecule has 0 saturated heterocycles. The van der Waals surface area contributed by atoms with E-state index in [1.54, 1.807) is 0 Å². The summed E-state index contributed by atoms with van der Waals surface area (Å²) in [6.07, 6.45) is 5.83. The Hall–Kier alpha value is -7.60. The highest BCUT2D eigenvalue weighted by Gasteiger charge is 2.48. The number of allylic oxidation sites excluding steroid dienone is 4. The van der Waals surface area contributed by atoms with Gasteiger partial charge in [-0.1, -0.05) is 205 Å². The first-order chi connectivity index (χ1) is 32.1. The SMILES string of the molecule is CN=C(NC(=NCc1ccccc1)c1cccc(-n2c3ccccc3c3cc4c(cc32)C(c2ccccc2)(c2ccccc2)C2=C4C(C)CC=C2)c1)c1cccc([Si]c2ccccc2)c1. The monoisotopic (exact) mass is 852 g/mol. The van der Waals surface area contributed by atoms with Crippen molar-refractivity contribution in [3.05, 3.63) is 263 Å². The largest absolute Gasteiger partial charge is 0.325 e. The van der Waals surface area contributed by atoms with Crippen LogP contribution in [0.2, 0.25) is 0 Å². The quantitative estimate of drug-likeness (QED) is 0.0877. The number of amidine groups is 2.